The average Bonchev–Trinajstić information content (AvgIpc) is 3.39. The summed E-state index contributed by atoms with van der Waals surface area (Å²) < 4.78 is 13.3. The molecule has 1 aromatic heterocycles. The van der Waals surface area contributed by atoms with Crippen molar-refractivity contribution in [2.75, 3.05) is 33.9 Å². The molecule has 1 saturated heterocycles. The van der Waals surface area contributed by atoms with Gasteiger partial charge in [-0.1, -0.05) is 26.3 Å². The third-order valence-electron chi connectivity index (χ3n) is 8.42. The van der Waals surface area contributed by atoms with Gasteiger partial charge in [0.15, 0.2) is 5.69 Å². The van der Waals surface area contributed by atoms with Crippen LogP contribution in [0.5, 0.6) is 11.5 Å². The zero-order valence-electron chi connectivity index (χ0n) is 24.7. The lowest BCUT2D eigenvalue weighted by atomic mass is 9.93. The number of ether oxygens (including phenoxy) is 2. The molecule has 9 nitrogen and oxygen atoms in total. The van der Waals surface area contributed by atoms with Gasteiger partial charge < -0.3 is 25.0 Å². The molecule has 0 radical (unpaired) electrons. The lowest BCUT2D eigenvalue weighted by Crippen LogP contribution is -2.45. The molecule has 2 aromatic rings. The molecule has 1 saturated carbocycles. The maximum Gasteiger partial charge on any atom is 0.272 e. The van der Waals surface area contributed by atoms with Crippen molar-refractivity contribution in [2.24, 2.45) is 0 Å². The minimum absolute atomic E-state index is 0.00986. The largest absolute Gasteiger partial charge is 0.496 e. The summed E-state index contributed by atoms with van der Waals surface area (Å²) in [6.45, 7) is 7.28. The van der Waals surface area contributed by atoms with E-state index in [1.807, 2.05) is 28.9 Å². The van der Waals surface area contributed by atoms with Gasteiger partial charge in [0.25, 0.3) is 5.91 Å². The van der Waals surface area contributed by atoms with Crippen LogP contribution in [-0.4, -0.2) is 72.4 Å². The van der Waals surface area contributed by atoms with Crippen LogP contribution in [0, 0.1) is 0 Å². The third-order valence-corrected chi connectivity index (χ3v) is 8.42. The highest BCUT2D eigenvalue weighted by molar-refractivity contribution is 5.94. The second-order valence-corrected chi connectivity index (χ2v) is 11.1. The van der Waals surface area contributed by atoms with Crippen LogP contribution < -0.4 is 20.1 Å². The molecule has 220 valence electrons. The van der Waals surface area contributed by atoms with E-state index in [1.54, 1.807) is 14.2 Å². The minimum atomic E-state index is -0.267. The van der Waals surface area contributed by atoms with Crippen molar-refractivity contribution >= 4 is 11.8 Å². The Labute approximate surface area is 239 Å². The number of hydrogen-bond acceptors (Lipinski definition) is 6. The Balaban J connectivity index is 1.58. The summed E-state index contributed by atoms with van der Waals surface area (Å²) in [5.74, 6) is 1.06. The van der Waals surface area contributed by atoms with Gasteiger partial charge in [-0.15, -0.1) is 0 Å². The molecule has 2 aliphatic rings. The highest BCUT2D eigenvalue weighted by Gasteiger charge is 2.27. The van der Waals surface area contributed by atoms with Crippen molar-refractivity contribution < 1.29 is 19.1 Å². The number of rotatable bonds is 14. The number of hydrogen-bond donors (Lipinski definition) is 2. The first-order valence-electron chi connectivity index (χ1n) is 15.1. The van der Waals surface area contributed by atoms with Crippen molar-refractivity contribution in [3.63, 3.8) is 0 Å². The van der Waals surface area contributed by atoms with Gasteiger partial charge in [-0.3, -0.25) is 14.3 Å². The van der Waals surface area contributed by atoms with Crippen LogP contribution in [-0.2, 0) is 4.79 Å². The Kier molecular flexibility index (Phi) is 10.9. The molecule has 2 amide bonds. The van der Waals surface area contributed by atoms with Gasteiger partial charge in [0, 0.05) is 25.0 Å². The lowest BCUT2D eigenvalue weighted by Gasteiger charge is -2.29. The summed E-state index contributed by atoms with van der Waals surface area (Å²) in [6, 6.07) is 7.60. The fourth-order valence-electron chi connectivity index (χ4n) is 5.78. The fourth-order valence-corrected chi connectivity index (χ4v) is 5.78. The van der Waals surface area contributed by atoms with E-state index in [2.05, 4.69) is 29.4 Å². The van der Waals surface area contributed by atoms with E-state index in [0.717, 1.165) is 63.0 Å². The number of amides is 2. The predicted octanol–water partition coefficient (Wildman–Crippen LogP) is 4.96. The van der Waals surface area contributed by atoms with E-state index in [0.29, 0.717) is 17.2 Å². The summed E-state index contributed by atoms with van der Waals surface area (Å²) in [5, 5.41) is 11.1. The number of methoxy groups -OCH3 is 2. The zero-order valence-corrected chi connectivity index (χ0v) is 24.7. The summed E-state index contributed by atoms with van der Waals surface area (Å²) in [7, 11) is 3.26. The van der Waals surface area contributed by atoms with E-state index in [1.165, 1.54) is 25.7 Å². The molecule has 0 spiro atoms. The third kappa shape index (κ3) is 7.36. The number of likely N-dealkylation sites (tertiary alicyclic amines) is 1. The van der Waals surface area contributed by atoms with Crippen LogP contribution in [0.3, 0.4) is 0 Å². The number of carbonyl (C=O) groups excluding carboxylic acids is 2. The van der Waals surface area contributed by atoms with Gasteiger partial charge >= 0.3 is 0 Å². The van der Waals surface area contributed by atoms with Gasteiger partial charge in [0.2, 0.25) is 5.91 Å². The van der Waals surface area contributed by atoms with E-state index < -0.39 is 0 Å². The second kappa shape index (κ2) is 14.5. The monoisotopic (exact) mass is 553 g/mol. The Morgan fingerprint density at radius 2 is 1.70 bits per heavy atom. The van der Waals surface area contributed by atoms with E-state index in [4.69, 9.17) is 14.6 Å². The van der Waals surface area contributed by atoms with Crippen LogP contribution >= 0.6 is 0 Å². The summed E-state index contributed by atoms with van der Waals surface area (Å²) in [6.07, 6.45) is 9.67. The molecule has 40 heavy (non-hydrogen) atoms. The number of benzene rings is 1. The number of aromatic nitrogens is 2. The van der Waals surface area contributed by atoms with Crippen LogP contribution in [0.2, 0.25) is 0 Å². The summed E-state index contributed by atoms with van der Waals surface area (Å²) >= 11 is 0. The topological polar surface area (TPSA) is 97.7 Å². The minimum Gasteiger partial charge on any atom is -0.496 e. The molecule has 1 aliphatic heterocycles. The van der Waals surface area contributed by atoms with E-state index in [-0.39, 0.29) is 36.4 Å². The van der Waals surface area contributed by atoms with E-state index >= 15 is 0 Å². The molecular weight excluding hydrogens is 506 g/mol. The van der Waals surface area contributed by atoms with Crippen molar-refractivity contribution in [3.05, 3.63) is 30.0 Å². The number of nitrogens with zero attached hydrogens (tertiary/aromatic N) is 3. The first-order chi connectivity index (χ1) is 19.5. The summed E-state index contributed by atoms with van der Waals surface area (Å²) in [5.41, 5.74) is 1.88. The SMILES string of the molecule is CCC(CC)n1nc(C(=O)NC(CCN2CCCCC2)CC(=O)NC2CCC2)cc1-c1c(OC)cccc1OC. The van der Waals surface area contributed by atoms with Crippen molar-refractivity contribution in [3.8, 4) is 22.8 Å². The maximum atomic E-state index is 13.7. The molecule has 1 aromatic carbocycles. The van der Waals surface area contributed by atoms with Gasteiger partial charge in [0.1, 0.15) is 11.5 Å². The summed E-state index contributed by atoms with van der Waals surface area (Å²) in [4.78, 5) is 29.0. The van der Waals surface area contributed by atoms with Gasteiger partial charge in [0.05, 0.1) is 31.5 Å². The molecule has 9 heteroatoms. The van der Waals surface area contributed by atoms with E-state index in [9.17, 15) is 9.59 Å². The van der Waals surface area contributed by atoms with Crippen molar-refractivity contribution in [1.29, 1.82) is 0 Å². The van der Waals surface area contributed by atoms with Crippen LogP contribution in [0.15, 0.2) is 24.3 Å². The molecule has 4 rings (SSSR count). The highest BCUT2D eigenvalue weighted by atomic mass is 16.5. The molecule has 1 aliphatic carbocycles. The molecule has 2 N–H and O–H groups in total. The van der Waals surface area contributed by atoms with Crippen LogP contribution in [0.4, 0.5) is 0 Å². The van der Waals surface area contributed by atoms with Gasteiger partial charge in [-0.25, -0.2) is 0 Å². The number of nitrogens with one attached hydrogen (secondary N) is 2. The molecule has 1 atom stereocenters. The molecule has 2 heterocycles. The normalized spacial score (nSPS) is 16.8. The molecular formula is C31H47N5O4. The average molecular weight is 554 g/mol. The van der Waals surface area contributed by atoms with Gasteiger partial charge in [-0.2, -0.15) is 5.10 Å². The highest BCUT2D eigenvalue weighted by Crippen LogP contribution is 2.40. The Morgan fingerprint density at radius 3 is 2.27 bits per heavy atom. The zero-order chi connectivity index (χ0) is 28.5. The number of piperidine rings is 1. The van der Waals surface area contributed by atoms with Crippen LogP contribution in [0.25, 0.3) is 11.3 Å². The Hall–Kier alpha value is -3.07. The Bertz CT molecular complexity index is 1100. The van der Waals surface area contributed by atoms with Crippen molar-refractivity contribution in [2.45, 2.75) is 96.2 Å². The van der Waals surface area contributed by atoms with Crippen molar-refractivity contribution in [1.82, 2.24) is 25.3 Å². The first kappa shape index (κ1) is 29.9. The maximum absolute atomic E-state index is 13.7. The predicted molar refractivity (Wildman–Crippen MR) is 157 cm³/mol. The molecule has 0 bridgehead atoms. The molecule has 1 unspecified atom stereocenters. The fraction of sp³-hybridized carbons (Fsp3) is 0.645. The smallest absolute Gasteiger partial charge is 0.272 e. The van der Waals surface area contributed by atoms with Gasteiger partial charge in [-0.05, 0) is 82.7 Å². The standard InChI is InChI=1S/C31H47N5O4/c1-5-24(6-2)36-26(30-27(39-3)14-11-15-28(30)40-4)21-25(34-36)31(38)33-23(16-19-35-17-8-7-9-18-35)20-29(37)32-22-12-10-13-22/h11,14-15,21-24H,5-10,12-13,16-20H2,1-4H3,(H,32,37)(H,33,38). The quantitative estimate of drug-likeness (QED) is 0.343. The lowest BCUT2D eigenvalue weighted by molar-refractivity contribution is -0.122. The Morgan fingerprint density at radius 1 is 1.02 bits per heavy atom. The number of carbonyl (C=O) groups is 2. The van der Waals surface area contributed by atoms with Crippen LogP contribution in [0.1, 0.15) is 94.6 Å². The second-order valence-electron chi connectivity index (χ2n) is 11.1. The molecule has 2 fully saturated rings. The first-order valence-corrected chi connectivity index (χ1v) is 15.1.